The number of benzene rings is 2. The number of hydrogen-bond donors (Lipinski definition) is 2. The molecule has 0 aliphatic carbocycles. The summed E-state index contributed by atoms with van der Waals surface area (Å²) in [5.74, 6) is 0.365. The Morgan fingerprint density at radius 2 is 1.85 bits per heavy atom. The molecule has 5 rings (SSSR count). The summed E-state index contributed by atoms with van der Waals surface area (Å²) in [6.07, 6.45) is 2.85. The minimum atomic E-state index is -3.50. The van der Waals surface area contributed by atoms with Crippen LogP contribution in [0.25, 0.3) is 5.69 Å². The van der Waals surface area contributed by atoms with Gasteiger partial charge in [-0.05, 0) is 80.2 Å². The number of methoxy groups -OCH3 is 1. The normalized spacial score (nSPS) is 17.1. The van der Waals surface area contributed by atoms with E-state index < -0.39 is 10.0 Å². The van der Waals surface area contributed by atoms with Gasteiger partial charge in [0.15, 0.2) is 5.11 Å². The van der Waals surface area contributed by atoms with Gasteiger partial charge in [-0.2, -0.15) is 0 Å². The molecule has 0 radical (unpaired) electrons. The lowest BCUT2D eigenvalue weighted by Gasteiger charge is -2.29. The molecule has 2 aromatic carbocycles. The molecule has 1 aliphatic rings. The van der Waals surface area contributed by atoms with E-state index in [9.17, 15) is 8.42 Å². The molecule has 208 valence electrons. The number of thiocarbonyl (C=S) groups is 1. The first-order chi connectivity index (χ1) is 19.0. The van der Waals surface area contributed by atoms with Crippen LogP contribution in [0.5, 0.6) is 5.75 Å². The number of pyridine rings is 1. The van der Waals surface area contributed by atoms with Crippen molar-refractivity contribution < 1.29 is 13.2 Å². The van der Waals surface area contributed by atoms with Gasteiger partial charge in [0.25, 0.3) is 0 Å². The van der Waals surface area contributed by atoms with Crippen molar-refractivity contribution in [2.45, 2.75) is 25.9 Å². The molecule has 0 saturated carbocycles. The Morgan fingerprint density at radius 3 is 2.50 bits per heavy atom. The maximum atomic E-state index is 11.9. The highest BCUT2D eigenvalue weighted by Crippen LogP contribution is 2.45. The van der Waals surface area contributed by atoms with Crippen LogP contribution in [0.1, 0.15) is 34.7 Å². The van der Waals surface area contributed by atoms with E-state index in [1.165, 1.54) is 7.11 Å². The SMILES string of the molecule is COc1cc(N2C(=S)N[C@H](c3ccccn3)[C@H]2c2cc(C)n(-c3ccc(Cl)cc3Cl)c2C)ccc1NS(C)(=O)=O. The number of halogens is 2. The van der Waals surface area contributed by atoms with Crippen molar-refractivity contribution in [2.75, 3.05) is 23.0 Å². The summed E-state index contributed by atoms with van der Waals surface area (Å²) in [5, 5.41) is 5.06. The summed E-state index contributed by atoms with van der Waals surface area (Å²) in [5.41, 5.74) is 5.69. The van der Waals surface area contributed by atoms with Gasteiger partial charge in [-0.1, -0.05) is 29.3 Å². The number of rotatable bonds is 7. The molecule has 4 aromatic rings. The van der Waals surface area contributed by atoms with Crippen LogP contribution in [0, 0.1) is 13.8 Å². The molecule has 0 amide bonds. The monoisotopic (exact) mass is 615 g/mol. The molecule has 0 spiro atoms. The van der Waals surface area contributed by atoms with Gasteiger partial charge in [-0.15, -0.1) is 0 Å². The minimum absolute atomic E-state index is 0.275. The maximum absolute atomic E-state index is 11.9. The molecule has 3 heterocycles. The summed E-state index contributed by atoms with van der Waals surface area (Å²) in [7, 11) is -2.01. The first-order valence-corrected chi connectivity index (χ1v) is 15.3. The van der Waals surface area contributed by atoms with Gasteiger partial charge in [0.2, 0.25) is 10.0 Å². The summed E-state index contributed by atoms with van der Waals surface area (Å²) in [6.45, 7) is 4.07. The zero-order valence-corrected chi connectivity index (χ0v) is 25.3. The highest BCUT2D eigenvalue weighted by Gasteiger charge is 2.42. The summed E-state index contributed by atoms with van der Waals surface area (Å²) >= 11 is 18.7. The van der Waals surface area contributed by atoms with E-state index in [1.807, 2.05) is 55.1 Å². The quantitative estimate of drug-likeness (QED) is 0.234. The molecule has 1 aliphatic heterocycles. The molecule has 8 nitrogen and oxygen atoms in total. The molecule has 2 N–H and O–H groups in total. The molecule has 2 atom stereocenters. The van der Waals surface area contributed by atoms with E-state index in [0.717, 1.165) is 40.3 Å². The van der Waals surface area contributed by atoms with Crippen LogP contribution >= 0.6 is 35.4 Å². The third-order valence-electron chi connectivity index (χ3n) is 6.80. The topological polar surface area (TPSA) is 88.5 Å². The largest absolute Gasteiger partial charge is 0.494 e. The average molecular weight is 617 g/mol. The number of nitrogens with zero attached hydrogens (tertiary/aromatic N) is 3. The Hall–Kier alpha value is -3.31. The smallest absolute Gasteiger partial charge is 0.229 e. The van der Waals surface area contributed by atoms with Gasteiger partial charge < -0.3 is 19.5 Å². The lowest BCUT2D eigenvalue weighted by atomic mass is 9.96. The molecule has 12 heteroatoms. The van der Waals surface area contributed by atoms with Crippen molar-refractivity contribution in [1.82, 2.24) is 14.9 Å². The number of aromatic nitrogens is 2. The van der Waals surface area contributed by atoms with Gasteiger partial charge in [-0.3, -0.25) is 9.71 Å². The highest BCUT2D eigenvalue weighted by molar-refractivity contribution is 7.92. The first-order valence-electron chi connectivity index (χ1n) is 12.3. The number of hydrogen-bond acceptors (Lipinski definition) is 5. The molecule has 0 bridgehead atoms. The lowest BCUT2D eigenvalue weighted by molar-refractivity contribution is 0.417. The molecule has 1 fully saturated rings. The first kappa shape index (κ1) is 28.2. The number of ether oxygens (including phenoxy) is 1. The van der Waals surface area contributed by atoms with Crippen molar-refractivity contribution in [3.05, 3.63) is 99.6 Å². The van der Waals surface area contributed by atoms with Gasteiger partial charge in [0.05, 0.1) is 47.5 Å². The molecule has 0 unspecified atom stereocenters. The van der Waals surface area contributed by atoms with Crippen molar-refractivity contribution in [2.24, 2.45) is 0 Å². The minimum Gasteiger partial charge on any atom is -0.494 e. The Balaban J connectivity index is 1.67. The Labute approximate surface area is 248 Å². The fourth-order valence-electron chi connectivity index (χ4n) is 5.18. The number of anilines is 2. The second kappa shape index (κ2) is 10.9. The fourth-order valence-corrected chi connectivity index (χ4v) is 6.59. The predicted octanol–water partition coefficient (Wildman–Crippen LogP) is 6.35. The molecular formula is C28H27Cl2N5O3S2. The van der Waals surface area contributed by atoms with E-state index in [-0.39, 0.29) is 12.1 Å². The molecule has 2 aromatic heterocycles. The van der Waals surface area contributed by atoms with Gasteiger partial charge >= 0.3 is 0 Å². The number of nitrogens with one attached hydrogen (secondary N) is 2. The van der Waals surface area contributed by atoms with Crippen LogP contribution in [0.4, 0.5) is 11.4 Å². The zero-order chi connectivity index (χ0) is 28.8. The van der Waals surface area contributed by atoms with E-state index >= 15 is 0 Å². The third kappa shape index (κ3) is 5.36. The van der Waals surface area contributed by atoms with Gasteiger partial charge in [0.1, 0.15) is 5.75 Å². The van der Waals surface area contributed by atoms with Crippen LogP contribution in [0.2, 0.25) is 10.0 Å². The van der Waals surface area contributed by atoms with Crippen LogP contribution < -0.4 is 19.7 Å². The predicted molar refractivity (Wildman–Crippen MR) is 165 cm³/mol. The highest BCUT2D eigenvalue weighted by atomic mass is 35.5. The van der Waals surface area contributed by atoms with Crippen molar-refractivity contribution in [3.63, 3.8) is 0 Å². The number of sulfonamides is 1. The number of aryl methyl sites for hydroxylation is 1. The summed E-state index contributed by atoms with van der Waals surface area (Å²) < 4.78 is 33.9. The van der Waals surface area contributed by atoms with Crippen LogP contribution in [0.3, 0.4) is 0 Å². The van der Waals surface area contributed by atoms with E-state index in [0.29, 0.717) is 26.6 Å². The molecular weight excluding hydrogens is 589 g/mol. The third-order valence-corrected chi connectivity index (χ3v) is 8.24. The maximum Gasteiger partial charge on any atom is 0.229 e. The van der Waals surface area contributed by atoms with Crippen LogP contribution in [0.15, 0.2) is 66.9 Å². The van der Waals surface area contributed by atoms with Crippen molar-refractivity contribution in [3.8, 4) is 11.4 Å². The fraction of sp³-hybridized carbons (Fsp3) is 0.214. The average Bonchev–Trinajstić information content (AvgIpc) is 3.39. The van der Waals surface area contributed by atoms with Crippen molar-refractivity contribution >= 4 is 61.9 Å². The molecule has 40 heavy (non-hydrogen) atoms. The second-order valence-corrected chi connectivity index (χ2v) is 12.5. The van der Waals surface area contributed by atoms with E-state index in [2.05, 4.69) is 25.7 Å². The Kier molecular flexibility index (Phi) is 7.71. The van der Waals surface area contributed by atoms with Gasteiger partial charge in [0, 0.05) is 34.4 Å². The Morgan fingerprint density at radius 1 is 1.07 bits per heavy atom. The molecule has 1 saturated heterocycles. The van der Waals surface area contributed by atoms with Gasteiger partial charge in [-0.25, -0.2) is 8.42 Å². The second-order valence-electron chi connectivity index (χ2n) is 9.51. The Bertz CT molecular complexity index is 1710. The zero-order valence-electron chi connectivity index (χ0n) is 22.1. The lowest BCUT2D eigenvalue weighted by Crippen LogP contribution is -2.29. The van der Waals surface area contributed by atoms with Crippen LogP contribution in [-0.2, 0) is 10.0 Å². The van der Waals surface area contributed by atoms with E-state index in [1.54, 1.807) is 24.4 Å². The standard InChI is InChI=1S/C28H27Cl2N5O3S2/c1-16-13-20(17(2)34(16)24-11-8-18(29)14-21(24)30)27-26(23-7-5-6-12-31-23)32-28(39)35(27)19-9-10-22(25(15-19)38-3)33-40(4,36)37/h5-15,26-27,33H,1-4H3,(H,32,39)/t26-,27-/m1/s1. The van der Waals surface area contributed by atoms with Crippen molar-refractivity contribution in [1.29, 1.82) is 0 Å². The summed E-state index contributed by atoms with van der Waals surface area (Å²) in [4.78, 5) is 6.65. The van der Waals surface area contributed by atoms with Crippen LogP contribution in [-0.4, -0.2) is 36.4 Å². The summed E-state index contributed by atoms with van der Waals surface area (Å²) in [6, 6.07) is 18.0. The van der Waals surface area contributed by atoms with E-state index in [4.69, 9.17) is 40.2 Å².